The summed E-state index contributed by atoms with van der Waals surface area (Å²) in [5, 5.41) is 0. The molecule has 5 nitrogen and oxygen atoms in total. The molecule has 138 valence electrons. The van der Waals surface area contributed by atoms with E-state index in [0.29, 0.717) is 13.1 Å². The number of benzene rings is 1. The Morgan fingerprint density at radius 1 is 1.00 bits per heavy atom. The molecule has 0 saturated carbocycles. The smallest absolute Gasteiger partial charge is 0.242 e. The third kappa shape index (κ3) is 4.48. The van der Waals surface area contributed by atoms with Crippen molar-refractivity contribution < 1.29 is 9.59 Å². The SMILES string of the molecule is CCN(C(=O)C(C)(C)C(=O)N(C)CCc1ccncc1)c1ccccc1. The molecule has 0 radical (unpaired) electrons. The van der Waals surface area contributed by atoms with Gasteiger partial charge >= 0.3 is 0 Å². The second-order valence-corrected chi connectivity index (χ2v) is 6.84. The van der Waals surface area contributed by atoms with E-state index in [1.54, 1.807) is 43.1 Å². The van der Waals surface area contributed by atoms with Crippen molar-refractivity contribution >= 4 is 17.5 Å². The first-order valence-electron chi connectivity index (χ1n) is 8.89. The molecule has 0 atom stereocenters. The molecular formula is C21H27N3O2. The number of rotatable bonds is 7. The summed E-state index contributed by atoms with van der Waals surface area (Å²) in [6.45, 7) is 6.38. The highest BCUT2D eigenvalue weighted by Crippen LogP contribution is 2.26. The zero-order chi connectivity index (χ0) is 19.2. The minimum Gasteiger partial charge on any atom is -0.345 e. The Morgan fingerprint density at radius 2 is 1.62 bits per heavy atom. The van der Waals surface area contributed by atoms with Gasteiger partial charge in [0, 0.05) is 38.2 Å². The van der Waals surface area contributed by atoms with Crippen molar-refractivity contribution in [1.82, 2.24) is 9.88 Å². The lowest BCUT2D eigenvalue weighted by molar-refractivity contribution is -0.146. The number of para-hydroxylation sites is 1. The largest absolute Gasteiger partial charge is 0.345 e. The molecule has 0 aliphatic heterocycles. The molecule has 0 saturated heterocycles. The van der Waals surface area contributed by atoms with Gasteiger partial charge in [-0.05, 0) is 57.0 Å². The lowest BCUT2D eigenvalue weighted by Crippen LogP contribution is -2.50. The Hall–Kier alpha value is -2.69. The molecule has 0 aliphatic rings. The highest BCUT2D eigenvalue weighted by Gasteiger charge is 2.40. The Kier molecular flexibility index (Phi) is 6.50. The first-order chi connectivity index (χ1) is 12.4. The fourth-order valence-corrected chi connectivity index (χ4v) is 2.91. The number of carbonyl (C=O) groups excluding carboxylic acids is 2. The van der Waals surface area contributed by atoms with E-state index >= 15 is 0 Å². The van der Waals surface area contributed by atoms with Gasteiger partial charge in [0.05, 0.1) is 0 Å². The van der Waals surface area contributed by atoms with E-state index in [2.05, 4.69) is 4.98 Å². The second kappa shape index (κ2) is 8.61. The maximum Gasteiger partial charge on any atom is 0.242 e. The van der Waals surface area contributed by atoms with Crippen LogP contribution < -0.4 is 4.90 Å². The van der Waals surface area contributed by atoms with Gasteiger partial charge in [0.2, 0.25) is 11.8 Å². The van der Waals surface area contributed by atoms with Gasteiger partial charge in [0.1, 0.15) is 5.41 Å². The lowest BCUT2D eigenvalue weighted by atomic mass is 9.89. The van der Waals surface area contributed by atoms with E-state index in [1.165, 1.54) is 0 Å². The lowest BCUT2D eigenvalue weighted by Gasteiger charge is -2.33. The second-order valence-electron chi connectivity index (χ2n) is 6.84. The van der Waals surface area contributed by atoms with Crippen LogP contribution in [0.2, 0.25) is 0 Å². The molecule has 2 rings (SSSR count). The molecule has 0 unspecified atom stereocenters. The van der Waals surface area contributed by atoms with Crippen LogP contribution in [0.15, 0.2) is 54.9 Å². The molecule has 1 heterocycles. The number of pyridine rings is 1. The maximum atomic E-state index is 13.1. The van der Waals surface area contributed by atoms with Gasteiger partial charge in [0.15, 0.2) is 0 Å². The van der Waals surface area contributed by atoms with E-state index in [4.69, 9.17) is 0 Å². The molecular weight excluding hydrogens is 326 g/mol. The van der Waals surface area contributed by atoms with E-state index in [9.17, 15) is 9.59 Å². The van der Waals surface area contributed by atoms with Crippen LogP contribution in [-0.4, -0.2) is 41.8 Å². The molecule has 0 aliphatic carbocycles. The summed E-state index contributed by atoms with van der Waals surface area (Å²) in [6, 6.07) is 13.3. The number of nitrogens with zero attached hydrogens (tertiary/aromatic N) is 3. The topological polar surface area (TPSA) is 53.5 Å². The predicted octanol–water partition coefficient (Wildman–Crippen LogP) is 3.16. The average Bonchev–Trinajstić information content (AvgIpc) is 2.67. The Bertz CT molecular complexity index is 729. The standard InChI is InChI=1S/C21H27N3O2/c1-5-24(18-9-7-6-8-10-18)20(26)21(2,3)19(25)23(4)16-13-17-11-14-22-15-12-17/h6-12,14-15H,5,13,16H2,1-4H3. The highest BCUT2D eigenvalue weighted by atomic mass is 16.2. The predicted molar refractivity (Wildman–Crippen MR) is 104 cm³/mol. The van der Waals surface area contributed by atoms with Gasteiger partial charge in [-0.15, -0.1) is 0 Å². The summed E-state index contributed by atoms with van der Waals surface area (Å²) in [5.41, 5.74) is 0.794. The van der Waals surface area contributed by atoms with Gasteiger partial charge in [-0.25, -0.2) is 0 Å². The molecule has 0 fully saturated rings. The van der Waals surface area contributed by atoms with E-state index < -0.39 is 5.41 Å². The monoisotopic (exact) mass is 353 g/mol. The van der Waals surface area contributed by atoms with Gasteiger partial charge in [-0.2, -0.15) is 0 Å². The van der Waals surface area contributed by atoms with Crippen LogP contribution in [0.3, 0.4) is 0 Å². The number of hydrogen-bond donors (Lipinski definition) is 0. The molecule has 0 N–H and O–H groups in total. The van der Waals surface area contributed by atoms with Crippen LogP contribution in [0.1, 0.15) is 26.3 Å². The summed E-state index contributed by atoms with van der Waals surface area (Å²) in [4.78, 5) is 33.3. The molecule has 2 amide bonds. The zero-order valence-corrected chi connectivity index (χ0v) is 16.0. The van der Waals surface area contributed by atoms with Gasteiger partial charge in [-0.3, -0.25) is 14.6 Å². The van der Waals surface area contributed by atoms with Crippen molar-refractivity contribution in [3.05, 3.63) is 60.4 Å². The van der Waals surface area contributed by atoms with Crippen molar-refractivity contribution in [1.29, 1.82) is 0 Å². The van der Waals surface area contributed by atoms with Gasteiger partial charge < -0.3 is 9.80 Å². The van der Waals surface area contributed by atoms with Crippen molar-refractivity contribution in [2.75, 3.05) is 25.0 Å². The number of aromatic nitrogens is 1. The number of likely N-dealkylation sites (N-methyl/N-ethyl adjacent to an activating group) is 1. The van der Waals surface area contributed by atoms with Crippen LogP contribution in [0.5, 0.6) is 0 Å². The Balaban J connectivity index is 2.08. The summed E-state index contributed by atoms with van der Waals surface area (Å²) in [7, 11) is 1.75. The molecule has 0 bridgehead atoms. The summed E-state index contributed by atoms with van der Waals surface area (Å²) < 4.78 is 0. The van der Waals surface area contributed by atoms with Gasteiger partial charge in [-0.1, -0.05) is 18.2 Å². The average molecular weight is 353 g/mol. The summed E-state index contributed by atoms with van der Waals surface area (Å²) in [6.07, 6.45) is 4.21. The Morgan fingerprint density at radius 3 is 2.19 bits per heavy atom. The number of carbonyl (C=O) groups is 2. The first kappa shape index (κ1) is 19.6. The molecule has 0 spiro atoms. The third-order valence-electron chi connectivity index (χ3n) is 4.53. The summed E-state index contributed by atoms with van der Waals surface area (Å²) >= 11 is 0. The highest BCUT2D eigenvalue weighted by molar-refractivity contribution is 6.10. The number of anilines is 1. The van der Waals surface area contributed by atoms with Crippen molar-refractivity contribution in [3.63, 3.8) is 0 Å². The quantitative estimate of drug-likeness (QED) is 0.719. The number of hydrogen-bond acceptors (Lipinski definition) is 3. The minimum absolute atomic E-state index is 0.175. The fourth-order valence-electron chi connectivity index (χ4n) is 2.91. The van der Waals surface area contributed by atoms with Crippen molar-refractivity contribution in [3.8, 4) is 0 Å². The molecule has 1 aromatic carbocycles. The molecule has 5 heteroatoms. The fraction of sp³-hybridized carbons (Fsp3) is 0.381. The van der Waals surface area contributed by atoms with Crippen LogP contribution >= 0.6 is 0 Å². The van der Waals surface area contributed by atoms with Crippen molar-refractivity contribution in [2.24, 2.45) is 5.41 Å². The number of amides is 2. The Labute approximate surface area is 155 Å². The van der Waals surface area contributed by atoms with Crippen LogP contribution in [0.25, 0.3) is 0 Å². The normalized spacial score (nSPS) is 11.1. The van der Waals surface area contributed by atoms with E-state index in [0.717, 1.165) is 17.7 Å². The minimum atomic E-state index is -1.13. The zero-order valence-electron chi connectivity index (χ0n) is 16.0. The van der Waals surface area contributed by atoms with Crippen LogP contribution in [0.4, 0.5) is 5.69 Å². The molecule has 2 aromatic rings. The molecule has 1 aromatic heterocycles. The van der Waals surface area contributed by atoms with E-state index in [-0.39, 0.29) is 11.8 Å². The van der Waals surface area contributed by atoms with E-state index in [1.807, 2.05) is 49.4 Å². The molecule has 26 heavy (non-hydrogen) atoms. The van der Waals surface area contributed by atoms with Crippen molar-refractivity contribution in [2.45, 2.75) is 27.2 Å². The van der Waals surface area contributed by atoms with Crippen LogP contribution in [0, 0.1) is 5.41 Å². The summed E-state index contributed by atoms with van der Waals surface area (Å²) in [5.74, 6) is -0.363. The maximum absolute atomic E-state index is 13.1. The third-order valence-corrected chi connectivity index (χ3v) is 4.53. The van der Waals surface area contributed by atoms with Gasteiger partial charge in [0.25, 0.3) is 0 Å². The van der Waals surface area contributed by atoms with Crippen LogP contribution in [-0.2, 0) is 16.0 Å². The first-order valence-corrected chi connectivity index (χ1v) is 8.89.